The quantitative estimate of drug-likeness (QED) is 0.900. The summed E-state index contributed by atoms with van der Waals surface area (Å²) >= 11 is 0. The van der Waals surface area contributed by atoms with E-state index in [9.17, 15) is 9.90 Å². The van der Waals surface area contributed by atoms with Crippen LogP contribution in [-0.2, 0) is 12.5 Å². The number of nitrogens with zero attached hydrogens (tertiary/aromatic N) is 3. The number of rotatable bonds is 4. The van der Waals surface area contributed by atoms with E-state index in [1.54, 1.807) is 30.6 Å². The fourth-order valence-electron chi connectivity index (χ4n) is 1.71. The van der Waals surface area contributed by atoms with Crippen LogP contribution in [0.2, 0.25) is 0 Å². The van der Waals surface area contributed by atoms with Crippen LogP contribution in [0.3, 0.4) is 0 Å². The van der Waals surface area contributed by atoms with Gasteiger partial charge in [0.2, 0.25) is 0 Å². The van der Waals surface area contributed by atoms with Crippen molar-refractivity contribution in [3.63, 3.8) is 0 Å². The highest BCUT2D eigenvalue weighted by Crippen LogP contribution is 2.21. The number of aliphatic hydroxyl groups excluding tert-OH is 1. The summed E-state index contributed by atoms with van der Waals surface area (Å²) in [4.78, 5) is 13.9. The van der Waals surface area contributed by atoms with Crippen LogP contribution in [0.25, 0.3) is 0 Å². The Morgan fingerprint density at radius 3 is 2.53 bits per heavy atom. The van der Waals surface area contributed by atoms with E-state index in [0.29, 0.717) is 18.7 Å². The third-order valence-corrected chi connectivity index (χ3v) is 3.10. The van der Waals surface area contributed by atoms with E-state index < -0.39 is 6.10 Å². The molecular formula is C14H25N3O2. The van der Waals surface area contributed by atoms with Crippen molar-refractivity contribution in [1.29, 1.82) is 0 Å². The van der Waals surface area contributed by atoms with E-state index in [0.717, 1.165) is 5.69 Å². The van der Waals surface area contributed by atoms with Gasteiger partial charge in [-0.05, 0) is 19.4 Å². The highest BCUT2D eigenvalue weighted by Gasteiger charge is 2.23. The van der Waals surface area contributed by atoms with Gasteiger partial charge in [0.25, 0.3) is 5.91 Å². The molecule has 0 fully saturated rings. The molecule has 1 aromatic heterocycles. The van der Waals surface area contributed by atoms with Crippen LogP contribution in [0.4, 0.5) is 0 Å². The summed E-state index contributed by atoms with van der Waals surface area (Å²) in [6.07, 6.45) is 0.179. The molecule has 1 rings (SSSR count). The second kappa shape index (κ2) is 5.74. The number of aryl methyl sites for hydroxylation is 1. The lowest BCUT2D eigenvalue weighted by molar-refractivity contribution is 0.0758. The number of hydrogen-bond acceptors (Lipinski definition) is 3. The van der Waals surface area contributed by atoms with Gasteiger partial charge in [0, 0.05) is 26.1 Å². The summed E-state index contributed by atoms with van der Waals surface area (Å²) in [5.74, 6) is -0.0637. The zero-order chi connectivity index (χ0) is 14.8. The molecule has 1 atom stereocenters. The fraction of sp³-hybridized carbons (Fsp3) is 0.714. The van der Waals surface area contributed by atoms with Crippen molar-refractivity contribution in [2.75, 3.05) is 13.6 Å². The molecule has 0 bridgehead atoms. The minimum absolute atomic E-state index is 0.0637. The van der Waals surface area contributed by atoms with E-state index in [-0.39, 0.29) is 11.3 Å². The van der Waals surface area contributed by atoms with Gasteiger partial charge in [-0.15, -0.1) is 0 Å². The first kappa shape index (κ1) is 15.7. The lowest BCUT2D eigenvalue weighted by Gasteiger charge is -2.17. The van der Waals surface area contributed by atoms with Crippen LogP contribution < -0.4 is 0 Å². The van der Waals surface area contributed by atoms with Gasteiger partial charge < -0.3 is 10.0 Å². The molecular weight excluding hydrogens is 242 g/mol. The monoisotopic (exact) mass is 267 g/mol. The second-order valence-electron chi connectivity index (χ2n) is 6.15. The van der Waals surface area contributed by atoms with Crippen molar-refractivity contribution < 1.29 is 9.90 Å². The Bertz CT molecular complexity index is 444. The average molecular weight is 267 g/mol. The molecule has 1 heterocycles. The van der Waals surface area contributed by atoms with Crippen LogP contribution in [0, 0.1) is 0 Å². The molecule has 1 N–H and O–H groups in total. The van der Waals surface area contributed by atoms with Crippen molar-refractivity contribution in [2.45, 2.75) is 45.6 Å². The third kappa shape index (κ3) is 4.06. The highest BCUT2D eigenvalue weighted by atomic mass is 16.3. The van der Waals surface area contributed by atoms with E-state index in [4.69, 9.17) is 0 Å². The standard InChI is InChI=1S/C14H25N3O2/c1-10(18)7-8-16(5)13(19)11-9-12(14(2,3)4)15-17(11)6/h9-10,18H,7-8H2,1-6H3. The molecule has 0 aliphatic carbocycles. The smallest absolute Gasteiger partial charge is 0.271 e. The van der Waals surface area contributed by atoms with Gasteiger partial charge in [0.15, 0.2) is 0 Å². The Hall–Kier alpha value is -1.36. The molecule has 1 aromatic rings. The maximum Gasteiger partial charge on any atom is 0.271 e. The van der Waals surface area contributed by atoms with Gasteiger partial charge in [-0.3, -0.25) is 9.48 Å². The Morgan fingerprint density at radius 1 is 1.53 bits per heavy atom. The van der Waals surface area contributed by atoms with E-state index in [2.05, 4.69) is 25.9 Å². The maximum absolute atomic E-state index is 12.3. The topological polar surface area (TPSA) is 58.4 Å². The van der Waals surface area contributed by atoms with Crippen molar-refractivity contribution in [2.24, 2.45) is 7.05 Å². The number of carbonyl (C=O) groups excluding carboxylic acids is 1. The summed E-state index contributed by atoms with van der Waals surface area (Å²) in [5, 5.41) is 13.7. The molecule has 0 aromatic carbocycles. The van der Waals surface area contributed by atoms with Gasteiger partial charge in [0.05, 0.1) is 11.8 Å². The van der Waals surface area contributed by atoms with E-state index in [1.807, 2.05) is 6.07 Å². The van der Waals surface area contributed by atoms with Gasteiger partial charge in [0.1, 0.15) is 5.69 Å². The second-order valence-corrected chi connectivity index (χ2v) is 6.15. The molecule has 1 unspecified atom stereocenters. The third-order valence-electron chi connectivity index (χ3n) is 3.10. The van der Waals surface area contributed by atoms with Crippen molar-refractivity contribution in [3.8, 4) is 0 Å². The van der Waals surface area contributed by atoms with Crippen molar-refractivity contribution >= 4 is 5.91 Å². The fourth-order valence-corrected chi connectivity index (χ4v) is 1.71. The molecule has 0 aliphatic rings. The van der Waals surface area contributed by atoms with Crippen LogP contribution in [0.1, 0.15) is 50.3 Å². The minimum Gasteiger partial charge on any atom is -0.393 e. The Morgan fingerprint density at radius 2 is 2.11 bits per heavy atom. The van der Waals surface area contributed by atoms with E-state index in [1.165, 1.54) is 0 Å². The number of amides is 1. The van der Waals surface area contributed by atoms with Gasteiger partial charge in [-0.25, -0.2) is 0 Å². The average Bonchev–Trinajstić information content (AvgIpc) is 2.66. The lowest BCUT2D eigenvalue weighted by atomic mass is 9.92. The Balaban J connectivity index is 2.85. The zero-order valence-electron chi connectivity index (χ0n) is 12.8. The Labute approximate surface area is 115 Å². The van der Waals surface area contributed by atoms with Crippen LogP contribution in [0.5, 0.6) is 0 Å². The first-order chi connectivity index (χ1) is 8.62. The van der Waals surface area contributed by atoms with Gasteiger partial charge >= 0.3 is 0 Å². The zero-order valence-corrected chi connectivity index (χ0v) is 12.8. The highest BCUT2D eigenvalue weighted by molar-refractivity contribution is 5.92. The molecule has 5 nitrogen and oxygen atoms in total. The van der Waals surface area contributed by atoms with Crippen molar-refractivity contribution in [3.05, 3.63) is 17.5 Å². The SMILES string of the molecule is CC(O)CCN(C)C(=O)c1cc(C(C)(C)C)nn1C. The first-order valence-electron chi connectivity index (χ1n) is 6.61. The molecule has 1 amide bonds. The predicted octanol–water partition coefficient (Wildman–Crippen LogP) is 1.56. The van der Waals surface area contributed by atoms with Crippen molar-refractivity contribution in [1.82, 2.24) is 14.7 Å². The summed E-state index contributed by atoms with van der Waals surface area (Å²) < 4.78 is 1.63. The summed E-state index contributed by atoms with van der Waals surface area (Å²) in [7, 11) is 3.53. The largest absolute Gasteiger partial charge is 0.393 e. The minimum atomic E-state index is -0.396. The molecule has 0 radical (unpaired) electrons. The van der Waals surface area contributed by atoms with Crippen LogP contribution in [0.15, 0.2) is 6.07 Å². The number of aliphatic hydroxyl groups is 1. The number of aromatic nitrogens is 2. The summed E-state index contributed by atoms with van der Waals surface area (Å²) in [6, 6.07) is 1.85. The van der Waals surface area contributed by atoms with E-state index >= 15 is 0 Å². The molecule has 0 aliphatic heterocycles. The molecule has 19 heavy (non-hydrogen) atoms. The lowest BCUT2D eigenvalue weighted by Crippen LogP contribution is -2.30. The molecule has 5 heteroatoms. The maximum atomic E-state index is 12.3. The Kier molecular flexibility index (Phi) is 4.74. The normalized spacial score (nSPS) is 13.4. The molecule has 0 saturated carbocycles. The summed E-state index contributed by atoms with van der Waals surface area (Å²) in [6.45, 7) is 8.47. The number of carbonyl (C=O) groups is 1. The van der Waals surface area contributed by atoms with Crippen LogP contribution in [-0.4, -0.2) is 45.4 Å². The first-order valence-corrected chi connectivity index (χ1v) is 6.61. The molecule has 108 valence electrons. The molecule has 0 saturated heterocycles. The van der Waals surface area contributed by atoms with Crippen LogP contribution >= 0.6 is 0 Å². The van der Waals surface area contributed by atoms with Gasteiger partial charge in [-0.1, -0.05) is 20.8 Å². The van der Waals surface area contributed by atoms with Gasteiger partial charge in [-0.2, -0.15) is 5.10 Å². The molecule has 0 spiro atoms. The number of hydrogen-bond donors (Lipinski definition) is 1. The summed E-state index contributed by atoms with van der Waals surface area (Å²) in [5.41, 5.74) is 1.41. The predicted molar refractivity (Wildman–Crippen MR) is 75.2 cm³/mol.